The van der Waals surface area contributed by atoms with Crippen LogP contribution >= 0.6 is 0 Å². The number of rotatable bonds is 5. The van der Waals surface area contributed by atoms with Gasteiger partial charge in [-0.15, -0.1) is 0 Å². The zero-order valence-electron chi connectivity index (χ0n) is 16.0. The number of hydrogen-bond acceptors (Lipinski definition) is 3. The first-order valence-electron chi connectivity index (χ1n) is 8.52. The molecule has 1 atom stereocenters. The minimum atomic E-state index is -0.590. The van der Waals surface area contributed by atoms with Crippen LogP contribution in [0.4, 0.5) is 0 Å². The van der Waals surface area contributed by atoms with Crippen molar-refractivity contribution in [2.24, 2.45) is 0 Å². The second kappa shape index (κ2) is 7.37. The maximum atomic E-state index is 11.4. The fraction of sp³-hybridized carbons (Fsp3) is 0.600. The molecule has 0 saturated carbocycles. The minimum Gasteiger partial charge on any atom is -0.507 e. The molecule has 1 amide bonds. The van der Waals surface area contributed by atoms with Gasteiger partial charge in [-0.05, 0) is 40.4 Å². The van der Waals surface area contributed by atoms with Crippen LogP contribution in [0.2, 0.25) is 0 Å². The number of benzene rings is 1. The standard InChI is InChI=1S/C20H31NO3/c1-8-14(21-17(23)12-22)9-13-10-15(19(2,3)4)18(24)16(11-13)20(5,6)7/h10-12,14,24H,8-9H2,1-7H3,(H,21,23). The summed E-state index contributed by atoms with van der Waals surface area (Å²) in [6, 6.07) is 3.92. The monoisotopic (exact) mass is 333 g/mol. The topological polar surface area (TPSA) is 66.4 Å². The van der Waals surface area contributed by atoms with E-state index in [1.165, 1.54) is 0 Å². The Labute approximate surface area is 145 Å². The molecule has 0 aliphatic rings. The lowest BCUT2D eigenvalue weighted by atomic mass is 9.78. The van der Waals surface area contributed by atoms with E-state index < -0.39 is 5.91 Å². The first-order valence-corrected chi connectivity index (χ1v) is 8.52. The van der Waals surface area contributed by atoms with Crippen molar-refractivity contribution in [3.8, 4) is 5.75 Å². The van der Waals surface area contributed by atoms with Crippen LogP contribution in [0.3, 0.4) is 0 Å². The molecule has 0 heterocycles. The van der Waals surface area contributed by atoms with Crippen molar-refractivity contribution < 1.29 is 14.7 Å². The second-order valence-electron chi connectivity index (χ2n) is 8.48. The lowest BCUT2D eigenvalue weighted by molar-refractivity contribution is -0.131. The predicted molar refractivity (Wildman–Crippen MR) is 97.5 cm³/mol. The smallest absolute Gasteiger partial charge is 0.284 e. The summed E-state index contributed by atoms with van der Waals surface area (Å²) in [7, 11) is 0. The molecule has 1 rings (SSSR count). The molecule has 4 heteroatoms. The molecule has 0 fully saturated rings. The molecule has 4 nitrogen and oxygen atoms in total. The number of aldehydes is 1. The molecule has 0 aromatic heterocycles. The van der Waals surface area contributed by atoms with Gasteiger partial charge in [0.2, 0.25) is 6.29 Å². The molecule has 1 aromatic carbocycles. The first-order chi connectivity index (χ1) is 10.9. The quantitative estimate of drug-likeness (QED) is 0.639. The zero-order chi connectivity index (χ0) is 18.7. The minimum absolute atomic E-state index is 0.104. The van der Waals surface area contributed by atoms with Gasteiger partial charge in [-0.2, -0.15) is 0 Å². The normalized spacial score (nSPS) is 13.5. The van der Waals surface area contributed by atoms with Crippen molar-refractivity contribution in [2.45, 2.75) is 78.2 Å². The molecule has 0 radical (unpaired) electrons. The highest BCUT2D eigenvalue weighted by atomic mass is 16.3. The van der Waals surface area contributed by atoms with E-state index in [-0.39, 0.29) is 16.9 Å². The van der Waals surface area contributed by atoms with Gasteiger partial charge in [0.25, 0.3) is 5.91 Å². The van der Waals surface area contributed by atoms with Gasteiger partial charge in [-0.3, -0.25) is 9.59 Å². The number of phenols is 1. The summed E-state index contributed by atoms with van der Waals surface area (Å²) in [5, 5.41) is 13.5. The van der Waals surface area contributed by atoms with E-state index >= 15 is 0 Å². The second-order valence-corrected chi connectivity index (χ2v) is 8.48. The molecular weight excluding hydrogens is 302 g/mol. The molecular formula is C20H31NO3. The first kappa shape index (κ1) is 20.2. The fourth-order valence-electron chi connectivity index (χ4n) is 2.77. The van der Waals surface area contributed by atoms with Crippen LogP contribution in [-0.2, 0) is 26.8 Å². The number of carbonyl (C=O) groups is 2. The van der Waals surface area contributed by atoms with Gasteiger partial charge >= 0.3 is 0 Å². The number of nitrogens with one attached hydrogen (secondary N) is 1. The molecule has 1 aromatic rings. The molecule has 0 spiro atoms. The number of carbonyl (C=O) groups excluding carboxylic acids is 2. The van der Waals surface area contributed by atoms with Crippen molar-refractivity contribution in [3.05, 3.63) is 28.8 Å². The Kier molecular flexibility index (Phi) is 6.20. The Morgan fingerprint density at radius 1 is 1.12 bits per heavy atom. The predicted octanol–water partition coefficient (Wildman–Crippen LogP) is 3.62. The maximum absolute atomic E-state index is 11.4. The Morgan fingerprint density at radius 3 is 1.92 bits per heavy atom. The largest absolute Gasteiger partial charge is 0.507 e. The third kappa shape index (κ3) is 5.08. The van der Waals surface area contributed by atoms with Crippen molar-refractivity contribution in [3.63, 3.8) is 0 Å². The Morgan fingerprint density at radius 2 is 1.58 bits per heavy atom. The van der Waals surface area contributed by atoms with Gasteiger partial charge in [-0.25, -0.2) is 0 Å². The van der Waals surface area contributed by atoms with Crippen LogP contribution in [0.15, 0.2) is 12.1 Å². The van der Waals surface area contributed by atoms with Crippen molar-refractivity contribution in [1.82, 2.24) is 5.32 Å². The number of amides is 1. The molecule has 134 valence electrons. The van der Waals surface area contributed by atoms with E-state index in [2.05, 4.69) is 46.9 Å². The van der Waals surface area contributed by atoms with Crippen LogP contribution in [0, 0.1) is 0 Å². The summed E-state index contributed by atoms with van der Waals surface area (Å²) in [4.78, 5) is 21.9. The highest BCUT2D eigenvalue weighted by molar-refractivity contribution is 6.23. The van der Waals surface area contributed by atoms with E-state index in [4.69, 9.17) is 0 Å². The summed E-state index contributed by atoms with van der Waals surface area (Å²) in [5.74, 6) is -0.239. The average Bonchev–Trinajstić information content (AvgIpc) is 2.45. The molecule has 0 aliphatic heterocycles. The van der Waals surface area contributed by atoms with Crippen molar-refractivity contribution >= 4 is 12.2 Å². The SMILES string of the molecule is CCC(Cc1cc(C(C)(C)C)c(O)c(C(C)(C)C)c1)NC(=O)C=O. The van der Waals surface area contributed by atoms with Crippen LogP contribution in [-0.4, -0.2) is 23.3 Å². The summed E-state index contributed by atoms with van der Waals surface area (Å²) >= 11 is 0. The van der Waals surface area contributed by atoms with Crippen LogP contribution in [0.5, 0.6) is 5.75 Å². The van der Waals surface area contributed by atoms with Gasteiger partial charge in [-0.1, -0.05) is 60.6 Å². The van der Waals surface area contributed by atoms with Gasteiger partial charge < -0.3 is 10.4 Å². The van der Waals surface area contributed by atoms with Gasteiger partial charge in [0.15, 0.2) is 0 Å². The van der Waals surface area contributed by atoms with Crippen molar-refractivity contribution in [2.75, 3.05) is 0 Å². The number of hydrogen-bond donors (Lipinski definition) is 2. The Bertz CT molecular complexity index is 571. The van der Waals surface area contributed by atoms with Crippen molar-refractivity contribution in [1.29, 1.82) is 0 Å². The van der Waals surface area contributed by atoms with E-state index in [1.807, 2.05) is 19.1 Å². The van der Waals surface area contributed by atoms with E-state index in [9.17, 15) is 14.7 Å². The summed E-state index contributed by atoms with van der Waals surface area (Å²) in [5.41, 5.74) is 2.49. The highest BCUT2D eigenvalue weighted by Crippen LogP contribution is 2.40. The third-order valence-corrected chi connectivity index (χ3v) is 4.21. The van der Waals surface area contributed by atoms with Crippen LogP contribution < -0.4 is 5.32 Å². The average molecular weight is 333 g/mol. The summed E-state index contributed by atoms with van der Waals surface area (Å²) in [6.07, 6.45) is 1.67. The van der Waals surface area contributed by atoms with E-state index in [0.717, 1.165) is 23.1 Å². The van der Waals surface area contributed by atoms with Gasteiger partial charge in [0.05, 0.1) is 0 Å². The van der Waals surface area contributed by atoms with Gasteiger partial charge in [0, 0.05) is 6.04 Å². The molecule has 0 bridgehead atoms. The lowest BCUT2D eigenvalue weighted by Crippen LogP contribution is -2.36. The molecule has 1 unspecified atom stereocenters. The summed E-state index contributed by atoms with van der Waals surface area (Å²) in [6.45, 7) is 14.4. The summed E-state index contributed by atoms with van der Waals surface area (Å²) < 4.78 is 0. The van der Waals surface area contributed by atoms with E-state index in [1.54, 1.807) is 0 Å². The number of aromatic hydroxyl groups is 1. The molecule has 0 saturated heterocycles. The molecule has 2 N–H and O–H groups in total. The Balaban J connectivity index is 3.33. The zero-order valence-corrected chi connectivity index (χ0v) is 16.0. The molecule has 0 aliphatic carbocycles. The van der Waals surface area contributed by atoms with Crippen LogP contribution in [0.1, 0.15) is 71.6 Å². The lowest BCUT2D eigenvalue weighted by Gasteiger charge is -2.29. The molecule has 24 heavy (non-hydrogen) atoms. The number of phenolic OH excluding ortho intramolecular Hbond substituents is 1. The Hall–Kier alpha value is -1.84. The van der Waals surface area contributed by atoms with Gasteiger partial charge in [0.1, 0.15) is 5.75 Å². The van der Waals surface area contributed by atoms with E-state index in [0.29, 0.717) is 18.5 Å². The maximum Gasteiger partial charge on any atom is 0.284 e. The fourth-order valence-corrected chi connectivity index (χ4v) is 2.77. The van der Waals surface area contributed by atoms with Crippen LogP contribution in [0.25, 0.3) is 0 Å². The highest BCUT2D eigenvalue weighted by Gasteiger charge is 2.27. The third-order valence-electron chi connectivity index (χ3n) is 4.21.